The number of aliphatic hydroxyl groups is 1. The Morgan fingerprint density at radius 2 is 1.60 bits per heavy atom. The molecule has 1 N–H and O–H groups in total. The van der Waals surface area contributed by atoms with Crippen LogP contribution in [-0.4, -0.2) is 11.3 Å². The molecule has 1 aromatic carbocycles. The van der Waals surface area contributed by atoms with Gasteiger partial charge in [0.1, 0.15) is 0 Å². The van der Waals surface area contributed by atoms with Crippen LogP contribution in [0.5, 0.6) is 0 Å². The zero-order valence-electron chi connectivity index (χ0n) is 11.1. The van der Waals surface area contributed by atoms with E-state index in [1.165, 1.54) is 24.3 Å². The lowest BCUT2D eigenvalue weighted by atomic mass is 9.87. The molecule has 20 heavy (non-hydrogen) atoms. The van der Waals surface area contributed by atoms with Gasteiger partial charge < -0.3 is 5.11 Å². The Kier molecular flexibility index (Phi) is 4.39. The Morgan fingerprint density at radius 1 is 1.00 bits per heavy atom. The van der Waals surface area contributed by atoms with Gasteiger partial charge in [-0.2, -0.15) is 13.2 Å². The van der Waals surface area contributed by atoms with Crippen LogP contribution in [0, 0.1) is 17.8 Å². The molecule has 4 heteroatoms. The standard InChI is InChI=1S/C16H17F3O/c17-16(18,19)15(20,14-9-5-2-6-10-14)12-11-13-7-3-1-4-8-13/h2,5-6,9-10,13,20H,1,3-4,7-8H2. The largest absolute Gasteiger partial charge is 0.433 e. The second kappa shape index (κ2) is 5.88. The van der Waals surface area contributed by atoms with E-state index in [9.17, 15) is 18.3 Å². The number of rotatable bonds is 1. The van der Waals surface area contributed by atoms with Crippen LogP contribution in [0.4, 0.5) is 13.2 Å². The van der Waals surface area contributed by atoms with Crippen molar-refractivity contribution in [3.05, 3.63) is 35.9 Å². The Bertz CT molecular complexity index is 492. The van der Waals surface area contributed by atoms with Crippen LogP contribution in [0.1, 0.15) is 37.7 Å². The van der Waals surface area contributed by atoms with E-state index in [0.29, 0.717) is 0 Å². The summed E-state index contributed by atoms with van der Waals surface area (Å²) in [5.41, 5.74) is -3.30. The van der Waals surface area contributed by atoms with Gasteiger partial charge in [0.2, 0.25) is 5.60 Å². The summed E-state index contributed by atoms with van der Waals surface area (Å²) in [5, 5.41) is 10.1. The normalized spacial score (nSPS) is 19.8. The maximum absolute atomic E-state index is 13.2. The fraction of sp³-hybridized carbons (Fsp3) is 0.500. The van der Waals surface area contributed by atoms with E-state index in [-0.39, 0.29) is 11.5 Å². The van der Waals surface area contributed by atoms with E-state index in [0.717, 1.165) is 32.1 Å². The van der Waals surface area contributed by atoms with Crippen LogP contribution in [0.3, 0.4) is 0 Å². The molecule has 0 saturated heterocycles. The fourth-order valence-corrected chi connectivity index (χ4v) is 2.44. The smallest absolute Gasteiger partial charge is 0.366 e. The van der Waals surface area contributed by atoms with Gasteiger partial charge in [0, 0.05) is 11.5 Å². The van der Waals surface area contributed by atoms with Crippen LogP contribution in [0.15, 0.2) is 30.3 Å². The van der Waals surface area contributed by atoms with Crippen molar-refractivity contribution in [3.8, 4) is 11.8 Å². The van der Waals surface area contributed by atoms with Crippen molar-refractivity contribution in [2.24, 2.45) is 5.92 Å². The molecule has 1 aliphatic carbocycles. The second-order valence-corrected chi connectivity index (χ2v) is 5.18. The molecule has 1 aromatic rings. The molecule has 0 aromatic heterocycles. The van der Waals surface area contributed by atoms with E-state index in [1.807, 2.05) is 0 Å². The van der Waals surface area contributed by atoms with Gasteiger partial charge in [-0.05, 0) is 12.8 Å². The minimum atomic E-state index is -4.81. The number of alkyl halides is 3. The Labute approximate surface area is 116 Å². The topological polar surface area (TPSA) is 20.2 Å². The van der Waals surface area contributed by atoms with E-state index in [1.54, 1.807) is 6.07 Å². The molecule has 0 bridgehead atoms. The first-order valence-electron chi connectivity index (χ1n) is 6.81. The third kappa shape index (κ3) is 3.16. The molecule has 0 aliphatic heterocycles. The van der Waals surface area contributed by atoms with E-state index >= 15 is 0 Å². The summed E-state index contributed by atoms with van der Waals surface area (Å²) in [5.74, 6) is 4.71. The summed E-state index contributed by atoms with van der Waals surface area (Å²) in [6.07, 6.45) is -0.0772. The Morgan fingerprint density at radius 3 is 2.15 bits per heavy atom. The van der Waals surface area contributed by atoms with E-state index in [4.69, 9.17) is 0 Å². The molecule has 0 spiro atoms. The van der Waals surface area contributed by atoms with Crippen molar-refractivity contribution in [2.75, 3.05) is 0 Å². The summed E-state index contributed by atoms with van der Waals surface area (Å²) in [7, 11) is 0. The average molecular weight is 282 g/mol. The van der Waals surface area contributed by atoms with Crippen LogP contribution in [-0.2, 0) is 5.60 Å². The minimum Gasteiger partial charge on any atom is -0.366 e. The SMILES string of the molecule is OC(C#CC1CCCCC1)(c1ccccc1)C(F)(F)F. The number of benzene rings is 1. The molecule has 1 unspecified atom stereocenters. The molecule has 2 rings (SSSR count). The second-order valence-electron chi connectivity index (χ2n) is 5.18. The first kappa shape index (κ1) is 14.9. The van der Waals surface area contributed by atoms with Crippen LogP contribution < -0.4 is 0 Å². The summed E-state index contributed by atoms with van der Waals surface area (Å²) >= 11 is 0. The Balaban J connectivity index is 2.31. The lowest BCUT2D eigenvalue weighted by Crippen LogP contribution is -2.41. The predicted molar refractivity (Wildman–Crippen MR) is 70.7 cm³/mol. The number of halogens is 3. The highest BCUT2D eigenvalue weighted by Gasteiger charge is 2.54. The zero-order chi connectivity index (χ0) is 14.6. The van der Waals surface area contributed by atoms with E-state index < -0.39 is 11.8 Å². The highest BCUT2D eigenvalue weighted by molar-refractivity contribution is 5.34. The van der Waals surface area contributed by atoms with E-state index in [2.05, 4.69) is 11.8 Å². The first-order chi connectivity index (χ1) is 9.43. The molecular weight excluding hydrogens is 265 g/mol. The van der Waals surface area contributed by atoms with Crippen molar-refractivity contribution < 1.29 is 18.3 Å². The first-order valence-corrected chi connectivity index (χ1v) is 6.81. The predicted octanol–water partition coefficient (Wildman–Crippen LogP) is 4.02. The third-order valence-electron chi connectivity index (χ3n) is 3.66. The molecule has 1 aliphatic rings. The number of hydrogen-bond donors (Lipinski definition) is 1. The third-order valence-corrected chi connectivity index (χ3v) is 3.66. The molecule has 0 heterocycles. The quantitative estimate of drug-likeness (QED) is 0.771. The highest BCUT2D eigenvalue weighted by Crippen LogP contribution is 2.38. The van der Waals surface area contributed by atoms with Crippen LogP contribution in [0.2, 0.25) is 0 Å². The maximum atomic E-state index is 13.2. The molecule has 1 atom stereocenters. The van der Waals surface area contributed by atoms with Crippen LogP contribution >= 0.6 is 0 Å². The summed E-state index contributed by atoms with van der Waals surface area (Å²) in [6, 6.07) is 7.05. The van der Waals surface area contributed by atoms with Crippen molar-refractivity contribution in [1.82, 2.24) is 0 Å². The lowest BCUT2D eigenvalue weighted by molar-refractivity contribution is -0.240. The van der Waals surface area contributed by atoms with Gasteiger partial charge in [-0.3, -0.25) is 0 Å². The van der Waals surface area contributed by atoms with Crippen molar-refractivity contribution in [1.29, 1.82) is 0 Å². The van der Waals surface area contributed by atoms with Gasteiger partial charge in [0.25, 0.3) is 0 Å². The van der Waals surface area contributed by atoms with Gasteiger partial charge in [-0.15, -0.1) is 0 Å². The highest BCUT2D eigenvalue weighted by atomic mass is 19.4. The van der Waals surface area contributed by atoms with Gasteiger partial charge in [0.05, 0.1) is 0 Å². The monoisotopic (exact) mass is 282 g/mol. The van der Waals surface area contributed by atoms with Crippen LogP contribution in [0.25, 0.3) is 0 Å². The minimum absolute atomic E-state index is 0.0404. The molecule has 0 radical (unpaired) electrons. The molecule has 1 saturated carbocycles. The fourth-order valence-electron chi connectivity index (χ4n) is 2.44. The zero-order valence-corrected chi connectivity index (χ0v) is 11.1. The van der Waals surface area contributed by atoms with Gasteiger partial charge in [0.15, 0.2) is 0 Å². The van der Waals surface area contributed by atoms with Gasteiger partial charge >= 0.3 is 6.18 Å². The maximum Gasteiger partial charge on any atom is 0.433 e. The molecule has 0 amide bonds. The molecule has 1 nitrogen and oxygen atoms in total. The summed E-state index contributed by atoms with van der Waals surface area (Å²) in [6.45, 7) is 0. The van der Waals surface area contributed by atoms with Gasteiger partial charge in [-0.25, -0.2) is 0 Å². The van der Waals surface area contributed by atoms with Gasteiger partial charge in [-0.1, -0.05) is 61.4 Å². The van der Waals surface area contributed by atoms with Crippen molar-refractivity contribution in [3.63, 3.8) is 0 Å². The Hall–Kier alpha value is -1.47. The van der Waals surface area contributed by atoms with Crippen molar-refractivity contribution >= 4 is 0 Å². The lowest BCUT2D eigenvalue weighted by Gasteiger charge is -2.26. The van der Waals surface area contributed by atoms with Crippen molar-refractivity contribution in [2.45, 2.75) is 43.9 Å². The molecule has 1 fully saturated rings. The number of hydrogen-bond acceptors (Lipinski definition) is 1. The molecule has 108 valence electrons. The molecular formula is C16H17F3O. The average Bonchev–Trinajstić information content (AvgIpc) is 2.45. The summed E-state index contributed by atoms with van der Waals surface area (Å²) < 4.78 is 39.6. The summed E-state index contributed by atoms with van der Waals surface area (Å²) in [4.78, 5) is 0.